The molecule has 0 amide bonds. The minimum absolute atomic E-state index is 0.0498. The fourth-order valence-electron chi connectivity index (χ4n) is 0.991. The predicted molar refractivity (Wildman–Crippen MR) is 56.4 cm³/mol. The van der Waals surface area contributed by atoms with E-state index in [1.165, 1.54) is 12.3 Å². The van der Waals surface area contributed by atoms with Crippen molar-refractivity contribution in [1.82, 2.24) is 0 Å². The number of ether oxygens (including phenoxy) is 1. The van der Waals surface area contributed by atoms with Gasteiger partial charge in [0.05, 0.1) is 12.8 Å². The van der Waals surface area contributed by atoms with E-state index in [2.05, 4.69) is 21.1 Å². The van der Waals surface area contributed by atoms with E-state index in [0.717, 1.165) is 0 Å². The Bertz CT molecular complexity index is 352. The van der Waals surface area contributed by atoms with Crippen LogP contribution in [0.4, 0.5) is 0 Å². The molecule has 4 nitrogen and oxygen atoms in total. The molecule has 2 N–H and O–H groups in total. The summed E-state index contributed by atoms with van der Waals surface area (Å²) in [4.78, 5) is 0. The van der Waals surface area contributed by atoms with E-state index >= 15 is 0 Å². The van der Waals surface area contributed by atoms with Gasteiger partial charge in [0.2, 0.25) is 0 Å². The molecular formula is C9H10BrNO3. The Kier molecular flexibility index (Phi) is 3.76. The van der Waals surface area contributed by atoms with Crippen LogP contribution in [0.2, 0.25) is 0 Å². The van der Waals surface area contributed by atoms with E-state index in [1.807, 2.05) is 6.92 Å². The Morgan fingerprint density at radius 3 is 2.86 bits per heavy atom. The lowest BCUT2D eigenvalue weighted by Gasteiger charge is -2.07. The number of oxime groups is 1. The molecule has 0 saturated heterocycles. The lowest BCUT2D eigenvalue weighted by molar-refractivity contribution is 0.317. The first kappa shape index (κ1) is 10.8. The summed E-state index contributed by atoms with van der Waals surface area (Å²) in [5, 5.41) is 20.7. The second-order valence-electron chi connectivity index (χ2n) is 2.52. The summed E-state index contributed by atoms with van der Waals surface area (Å²) in [5.41, 5.74) is 0.633. The monoisotopic (exact) mass is 259 g/mol. The number of rotatable bonds is 3. The summed E-state index contributed by atoms with van der Waals surface area (Å²) in [6.07, 6.45) is 1.26. The van der Waals surface area contributed by atoms with Gasteiger partial charge in [-0.3, -0.25) is 0 Å². The van der Waals surface area contributed by atoms with Gasteiger partial charge in [-0.25, -0.2) is 0 Å². The van der Waals surface area contributed by atoms with Crippen molar-refractivity contribution in [3.05, 3.63) is 22.2 Å². The van der Waals surface area contributed by atoms with Gasteiger partial charge in [-0.2, -0.15) is 0 Å². The van der Waals surface area contributed by atoms with Gasteiger partial charge < -0.3 is 15.1 Å². The van der Waals surface area contributed by atoms with Gasteiger partial charge in [0.15, 0.2) is 11.5 Å². The molecule has 0 radical (unpaired) electrons. The van der Waals surface area contributed by atoms with Crippen molar-refractivity contribution in [3.8, 4) is 11.5 Å². The first-order valence-corrected chi connectivity index (χ1v) is 4.81. The highest BCUT2D eigenvalue weighted by atomic mass is 79.9. The first-order valence-electron chi connectivity index (χ1n) is 4.01. The molecule has 0 bridgehead atoms. The van der Waals surface area contributed by atoms with Crippen molar-refractivity contribution in [2.24, 2.45) is 5.16 Å². The average molecular weight is 260 g/mol. The number of hydrogen-bond acceptors (Lipinski definition) is 4. The quantitative estimate of drug-likeness (QED) is 0.498. The minimum Gasteiger partial charge on any atom is -0.504 e. The molecule has 0 aliphatic carbocycles. The third-order valence-corrected chi connectivity index (χ3v) is 2.26. The van der Waals surface area contributed by atoms with Gasteiger partial charge in [-0.15, -0.1) is 0 Å². The third-order valence-electron chi connectivity index (χ3n) is 1.57. The smallest absolute Gasteiger partial charge is 0.161 e. The number of phenolic OH excluding ortho intramolecular Hbond substituents is 1. The number of phenols is 1. The number of halogens is 1. The standard InChI is InChI=1S/C9H10BrNO3/c1-2-14-9-3-6(5-11-13)7(10)4-8(9)12/h3-5,12-13H,2H2,1H3/b11-5-. The minimum atomic E-state index is 0.0498. The summed E-state index contributed by atoms with van der Waals surface area (Å²) in [7, 11) is 0. The molecule has 1 aromatic carbocycles. The Balaban J connectivity index is 3.13. The fraction of sp³-hybridized carbons (Fsp3) is 0.222. The van der Waals surface area contributed by atoms with Gasteiger partial charge in [0.25, 0.3) is 0 Å². The normalized spacial score (nSPS) is 10.7. The summed E-state index contributed by atoms with van der Waals surface area (Å²) < 4.78 is 5.80. The molecule has 1 rings (SSSR count). The maximum Gasteiger partial charge on any atom is 0.161 e. The van der Waals surface area contributed by atoms with Gasteiger partial charge in [-0.05, 0) is 35.0 Å². The molecule has 1 aromatic rings. The second kappa shape index (κ2) is 4.85. The molecule has 76 valence electrons. The van der Waals surface area contributed by atoms with Gasteiger partial charge in [-0.1, -0.05) is 5.16 Å². The maximum absolute atomic E-state index is 9.45. The van der Waals surface area contributed by atoms with Crippen LogP contribution in [-0.2, 0) is 0 Å². The lowest BCUT2D eigenvalue weighted by atomic mass is 10.2. The second-order valence-corrected chi connectivity index (χ2v) is 3.37. The topological polar surface area (TPSA) is 62.0 Å². The molecular weight excluding hydrogens is 250 g/mol. The maximum atomic E-state index is 9.45. The van der Waals surface area contributed by atoms with Crippen LogP contribution in [0.15, 0.2) is 21.8 Å². The van der Waals surface area contributed by atoms with E-state index < -0.39 is 0 Å². The highest BCUT2D eigenvalue weighted by Crippen LogP contribution is 2.31. The zero-order valence-corrected chi connectivity index (χ0v) is 9.15. The number of hydrogen-bond donors (Lipinski definition) is 2. The van der Waals surface area contributed by atoms with Crippen molar-refractivity contribution in [3.63, 3.8) is 0 Å². The van der Waals surface area contributed by atoms with Gasteiger partial charge in [0.1, 0.15) is 0 Å². The third kappa shape index (κ3) is 2.38. The molecule has 0 aliphatic rings. The van der Waals surface area contributed by atoms with Crippen LogP contribution in [-0.4, -0.2) is 23.1 Å². The van der Waals surface area contributed by atoms with Crippen LogP contribution in [0.3, 0.4) is 0 Å². The average Bonchev–Trinajstić information content (AvgIpc) is 2.14. The molecule has 0 unspecified atom stereocenters. The van der Waals surface area contributed by atoms with Crippen molar-refractivity contribution >= 4 is 22.1 Å². The SMILES string of the molecule is CCOc1cc(/C=N\O)c(Br)cc1O. The highest BCUT2D eigenvalue weighted by molar-refractivity contribution is 9.10. The molecule has 0 heterocycles. The summed E-state index contributed by atoms with van der Waals surface area (Å²) >= 11 is 3.22. The van der Waals surface area contributed by atoms with Crippen LogP contribution < -0.4 is 4.74 Å². The Morgan fingerprint density at radius 1 is 1.57 bits per heavy atom. The van der Waals surface area contributed by atoms with Crippen molar-refractivity contribution in [2.75, 3.05) is 6.61 Å². The molecule has 0 saturated carbocycles. The van der Waals surface area contributed by atoms with Gasteiger partial charge in [0, 0.05) is 10.0 Å². The molecule has 0 aliphatic heterocycles. The largest absolute Gasteiger partial charge is 0.504 e. The Hall–Kier alpha value is -1.23. The van der Waals surface area contributed by atoms with E-state index in [1.54, 1.807) is 6.07 Å². The zero-order valence-electron chi connectivity index (χ0n) is 7.57. The number of nitrogens with zero attached hydrogens (tertiary/aromatic N) is 1. The summed E-state index contributed by atoms with van der Waals surface area (Å²) in [6, 6.07) is 3.07. The highest BCUT2D eigenvalue weighted by Gasteiger charge is 2.06. The van der Waals surface area contributed by atoms with Crippen LogP contribution in [0.25, 0.3) is 0 Å². The molecule has 0 atom stereocenters. The molecule has 14 heavy (non-hydrogen) atoms. The molecule has 0 spiro atoms. The first-order chi connectivity index (χ1) is 6.69. The Morgan fingerprint density at radius 2 is 2.29 bits per heavy atom. The number of benzene rings is 1. The lowest BCUT2D eigenvalue weighted by Crippen LogP contribution is -1.94. The van der Waals surface area contributed by atoms with E-state index in [-0.39, 0.29) is 5.75 Å². The summed E-state index contributed by atoms with van der Waals surface area (Å²) in [5.74, 6) is 0.416. The molecule has 0 aromatic heterocycles. The number of aromatic hydroxyl groups is 1. The van der Waals surface area contributed by atoms with Crippen molar-refractivity contribution in [1.29, 1.82) is 0 Å². The molecule has 5 heteroatoms. The van der Waals surface area contributed by atoms with Crippen LogP contribution in [0.1, 0.15) is 12.5 Å². The van der Waals surface area contributed by atoms with E-state index in [4.69, 9.17) is 9.94 Å². The van der Waals surface area contributed by atoms with E-state index in [0.29, 0.717) is 22.4 Å². The van der Waals surface area contributed by atoms with Crippen LogP contribution >= 0.6 is 15.9 Å². The zero-order chi connectivity index (χ0) is 10.6. The molecule has 0 fully saturated rings. The predicted octanol–water partition coefficient (Wildman–Crippen LogP) is 2.36. The fourth-order valence-corrected chi connectivity index (χ4v) is 1.42. The van der Waals surface area contributed by atoms with Crippen molar-refractivity contribution < 1.29 is 15.1 Å². The van der Waals surface area contributed by atoms with Crippen molar-refractivity contribution in [2.45, 2.75) is 6.92 Å². The van der Waals surface area contributed by atoms with E-state index in [9.17, 15) is 5.11 Å². The van der Waals surface area contributed by atoms with Crippen LogP contribution in [0, 0.1) is 0 Å². The summed E-state index contributed by atoms with van der Waals surface area (Å²) in [6.45, 7) is 2.28. The van der Waals surface area contributed by atoms with Gasteiger partial charge >= 0.3 is 0 Å². The van der Waals surface area contributed by atoms with Crippen LogP contribution in [0.5, 0.6) is 11.5 Å². The Labute approximate surface area is 89.9 Å².